The van der Waals surface area contributed by atoms with E-state index in [9.17, 15) is 14.9 Å². The summed E-state index contributed by atoms with van der Waals surface area (Å²) >= 11 is 0. The minimum atomic E-state index is -1.35. The third-order valence-corrected chi connectivity index (χ3v) is 1.92. The Morgan fingerprint density at radius 1 is 1.47 bits per heavy atom. The maximum Gasteiger partial charge on any atom is 0.394 e. The first kappa shape index (κ1) is 10.7. The average molecular weight is 235 g/mol. The summed E-state index contributed by atoms with van der Waals surface area (Å²) in [7, 11) is 0. The van der Waals surface area contributed by atoms with Crippen LogP contribution in [-0.2, 0) is 0 Å². The summed E-state index contributed by atoms with van der Waals surface area (Å²) in [6.45, 7) is 0. The monoisotopic (exact) mass is 235 g/mol. The van der Waals surface area contributed by atoms with Crippen molar-refractivity contribution in [2.75, 3.05) is 0 Å². The Labute approximate surface area is 93.6 Å². The number of carboxylic acid groups (broad SMARTS) is 1. The Balaban J connectivity index is 2.42. The molecule has 0 bridgehead atoms. The van der Waals surface area contributed by atoms with Gasteiger partial charge in [-0.2, -0.15) is 4.98 Å². The minimum Gasteiger partial charge on any atom is -0.474 e. The maximum atomic E-state index is 10.5. The number of aromatic nitrogens is 2. The number of aromatic carboxylic acids is 1. The Bertz CT molecular complexity index is 592. The lowest BCUT2D eigenvalue weighted by Crippen LogP contribution is -1.95. The number of hydrogen-bond donors (Lipinski definition) is 1. The van der Waals surface area contributed by atoms with Crippen molar-refractivity contribution in [1.29, 1.82) is 0 Å². The van der Waals surface area contributed by atoms with Gasteiger partial charge in [-0.3, -0.25) is 10.1 Å². The molecule has 0 aliphatic rings. The van der Waals surface area contributed by atoms with Gasteiger partial charge in [0.15, 0.2) is 0 Å². The van der Waals surface area contributed by atoms with Crippen LogP contribution in [0.5, 0.6) is 0 Å². The highest BCUT2D eigenvalue weighted by Gasteiger charge is 2.16. The Kier molecular flexibility index (Phi) is 2.53. The fourth-order valence-electron chi connectivity index (χ4n) is 1.19. The molecule has 0 unspecified atom stereocenters. The standard InChI is InChI=1S/C9H5N3O5/c13-9(14)8-10-7(11-17-8)5-2-1-3-6(4-5)12(15)16/h1-4H,(H,13,14). The largest absolute Gasteiger partial charge is 0.474 e. The third-order valence-electron chi connectivity index (χ3n) is 1.92. The van der Waals surface area contributed by atoms with Crippen molar-refractivity contribution in [3.05, 3.63) is 40.3 Å². The van der Waals surface area contributed by atoms with Crippen LogP contribution in [-0.4, -0.2) is 26.1 Å². The molecule has 8 heteroatoms. The highest BCUT2D eigenvalue weighted by atomic mass is 16.6. The molecule has 1 aromatic heterocycles. The number of hydrogen-bond acceptors (Lipinski definition) is 6. The van der Waals surface area contributed by atoms with Crippen LogP contribution < -0.4 is 0 Å². The fourth-order valence-corrected chi connectivity index (χ4v) is 1.19. The molecule has 0 atom stereocenters. The van der Waals surface area contributed by atoms with Crippen LogP contribution >= 0.6 is 0 Å². The number of carbonyl (C=O) groups is 1. The molecule has 0 spiro atoms. The highest BCUT2D eigenvalue weighted by Crippen LogP contribution is 2.21. The predicted molar refractivity (Wildman–Crippen MR) is 53.3 cm³/mol. The van der Waals surface area contributed by atoms with Crippen molar-refractivity contribution in [2.45, 2.75) is 0 Å². The van der Waals surface area contributed by atoms with E-state index in [1.165, 1.54) is 24.3 Å². The SMILES string of the molecule is O=C(O)c1nc(-c2cccc([N+](=O)[O-])c2)no1. The zero-order chi connectivity index (χ0) is 12.4. The maximum absolute atomic E-state index is 10.5. The van der Waals surface area contributed by atoms with Crippen LogP contribution in [0.15, 0.2) is 28.8 Å². The molecule has 2 aromatic rings. The molecule has 0 saturated heterocycles. The van der Waals surface area contributed by atoms with Crippen LogP contribution in [0.4, 0.5) is 5.69 Å². The highest BCUT2D eigenvalue weighted by molar-refractivity contribution is 5.82. The van der Waals surface area contributed by atoms with Crippen molar-refractivity contribution >= 4 is 11.7 Å². The number of rotatable bonds is 3. The molecule has 1 N–H and O–H groups in total. The molecule has 0 aliphatic carbocycles. The van der Waals surface area contributed by atoms with Gasteiger partial charge in [0, 0.05) is 17.7 Å². The van der Waals surface area contributed by atoms with E-state index in [1.807, 2.05) is 0 Å². The second-order valence-electron chi connectivity index (χ2n) is 3.04. The van der Waals surface area contributed by atoms with E-state index >= 15 is 0 Å². The Morgan fingerprint density at radius 3 is 2.82 bits per heavy atom. The summed E-state index contributed by atoms with van der Waals surface area (Å²) in [6, 6.07) is 5.51. The quantitative estimate of drug-likeness (QED) is 0.629. The summed E-state index contributed by atoms with van der Waals surface area (Å²) in [4.78, 5) is 24.1. The number of nitro benzene ring substituents is 1. The summed E-state index contributed by atoms with van der Waals surface area (Å²) in [5.41, 5.74) is 0.180. The molecular formula is C9H5N3O5. The van der Waals surface area contributed by atoms with Crippen LogP contribution in [0.25, 0.3) is 11.4 Å². The van der Waals surface area contributed by atoms with E-state index < -0.39 is 16.8 Å². The summed E-state index contributed by atoms with van der Waals surface area (Å²) in [5.74, 6) is -1.92. The molecule has 0 fully saturated rings. The van der Waals surface area contributed by atoms with E-state index in [1.54, 1.807) is 0 Å². The van der Waals surface area contributed by atoms with Crippen LogP contribution in [0, 0.1) is 10.1 Å². The van der Waals surface area contributed by atoms with Gasteiger partial charge in [0.05, 0.1) is 4.92 Å². The van der Waals surface area contributed by atoms with Crippen molar-refractivity contribution < 1.29 is 19.3 Å². The molecule has 0 aliphatic heterocycles. The first-order valence-corrected chi connectivity index (χ1v) is 4.40. The molecule has 1 heterocycles. The topological polar surface area (TPSA) is 119 Å². The molecule has 1 aromatic carbocycles. The first-order chi connectivity index (χ1) is 8.08. The molecule has 2 rings (SSSR count). The second-order valence-corrected chi connectivity index (χ2v) is 3.04. The van der Waals surface area contributed by atoms with Crippen molar-refractivity contribution in [3.8, 4) is 11.4 Å². The van der Waals surface area contributed by atoms with Crippen molar-refractivity contribution in [3.63, 3.8) is 0 Å². The second kappa shape index (κ2) is 4.00. The summed E-state index contributed by atoms with van der Waals surface area (Å²) < 4.78 is 4.45. The zero-order valence-electron chi connectivity index (χ0n) is 8.23. The van der Waals surface area contributed by atoms with E-state index in [4.69, 9.17) is 5.11 Å². The normalized spacial score (nSPS) is 10.1. The van der Waals surface area contributed by atoms with Gasteiger partial charge < -0.3 is 9.63 Å². The van der Waals surface area contributed by atoms with Gasteiger partial charge in [0.1, 0.15) is 0 Å². The third kappa shape index (κ3) is 2.09. The molecule has 86 valence electrons. The summed E-state index contributed by atoms with van der Waals surface area (Å²) in [6.07, 6.45) is 0. The molecule has 0 saturated carbocycles. The smallest absolute Gasteiger partial charge is 0.394 e. The van der Waals surface area contributed by atoms with E-state index in [-0.39, 0.29) is 11.5 Å². The number of benzene rings is 1. The zero-order valence-corrected chi connectivity index (χ0v) is 8.23. The molecule has 0 radical (unpaired) electrons. The molecule has 17 heavy (non-hydrogen) atoms. The van der Waals surface area contributed by atoms with Gasteiger partial charge in [0.25, 0.3) is 5.69 Å². The average Bonchev–Trinajstić information content (AvgIpc) is 2.78. The van der Waals surface area contributed by atoms with Crippen LogP contribution in [0.2, 0.25) is 0 Å². The molecular weight excluding hydrogens is 230 g/mol. The van der Waals surface area contributed by atoms with Gasteiger partial charge >= 0.3 is 11.9 Å². The molecule has 8 nitrogen and oxygen atoms in total. The van der Waals surface area contributed by atoms with E-state index in [0.29, 0.717) is 5.56 Å². The minimum absolute atomic E-state index is 0.00824. The Morgan fingerprint density at radius 2 is 2.24 bits per heavy atom. The summed E-state index contributed by atoms with van der Waals surface area (Å²) in [5, 5.41) is 22.5. The lowest BCUT2D eigenvalue weighted by atomic mass is 10.2. The number of non-ortho nitro benzene ring substituents is 1. The van der Waals surface area contributed by atoms with Gasteiger partial charge in [-0.25, -0.2) is 4.79 Å². The first-order valence-electron chi connectivity index (χ1n) is 4.40. The number of carboxylic acids is 1. The van der Waals surface area contributed by atoms with Gasteiger partial charge in [-0.05, 0) is 0 Å². The lowest BCUT2D eigenvalue weighted by molar-refractivity contribution is -0.384. The van der Waals surface area contributed by atoms with Crippen molar-refractivity contribution in [1.82, 2.24) is 10.1 Å². The van der Waals surface area contributed by atoms with E-state index in [0.717, 1.165) is 0 Å². The van der Waals surface area contributed by atoms with Gasteiger partial charge in [-0.15, -0.1) is 0 Å². The Hall–Kier alpha value is -2.77. The van der Waals surface area contributed by atoms with Gasteiger partial charge in [-0.1, -0.05) is 17.3 Å². The van der Waals surface area contributed by atoms with Crippen molar-refractivity contribution in [2.24, 2.45) is 0 Å². The fraction of sp³-hybridized carbons (Fsp3) is 0. The van der Waals surface area contributed by atoms with E-state index in [2.05, 4.69) is 14.7 Å². The van der Waals surface area contributed by atoms with Crippen LogP contribution in [0.1, 0.15) is 10.7 Å². The molecule has 0 amide bonds. The van der Waals surface area contributed by atoms with Crippen LogP contribution in [0.3, 0.4) is 0 Å². The predicted octanol–water partition coefficient (Wildman–Crippen LogP) is 1.34. The lowest BCUT2D eigenvalue weighted by Gasteiger charge is -1.93. The van der Waals surface area contributed by atoms with Gasteiger partial charge in [0.2, 0.25) is 5.82 Å². The number of nitro groups is 1. The number of nitrogens with zero attached hydrogens (tertiary/aromatic N) is 3.